The van der Waals surface area contributed by atoms with Gasteiger partial charge in [-0.05, 0) is 24.3 Å². The van der Waals surface area contributed by atoms with E-state index in [1.165, 1.54) is 0 Å². The molecule has 0 fully saturated rings. The molecule has 0 amide bonds. The average Bonchev–Trinajstić information content (AvgIpc) is 2.40. The van der Waals surface area contributed by atoms with Crippen LogP contribution in [0.15, 0.2) is 36.4 Å². The number of rotatable bonds is 4. The summed E-state index contributed by atoms with van der Waals surface area (Å²) in [6, 6.07) is 10.7. The SMILES string of the molecule is COc1ccccc1OCc1nc(N)ccc1Cl. The second-order valence-corrected chi connectivity index (χ2v) is 4.01. The van der Waals surface area contributed by atoms with Crippen LogP contribution < -0.4 is 15.2 Å². The van der Waals surface area contributed by atoms with Gasteiger partial charge in [-0.1, -0.05) is 23.7 Å². The first-order chi connectivity index (χ1) is 8.70. The lowest BCUT2D eigenvalue weighted by Gasteiger charge is -2.10. The van der Waals surface area contributed by atoms with Gasteiger partial charge in [0.05, 0.1) is 17.8 Å². The van der Waals surface area contributed by atoms with Crippen LogP contribution in [0.4, 0.5) is 5.82 Å². The van der Waals surface area contributed by atoms with E-state index in [-0.39, 0.29) is 6.61 Å². The number of aromatic nitrogens is 1. The predicted molar refractivity (Wildman–Crippen MR) is 71.0 cm³/mol. The molecule has 0 aliphatic heterocycles. The van der Waals surface area contributed by atoms with Gasteiger partial charge in [0.1, 0.15) is 12.4 Å². The summed E-state index contributed by atoms with van der Waals surface area (Å²) in [5, 5.41) is 0.527. The van der Waals surface area contributed by atoms with Gasteiger partial charge in [0, 0.05) is 0 Å². The molecule has 0 bridgehead atoms. The number of nitrogens with zero attached hydrogens (tertiary/aromatic N) is 1. The van der Waals surface area contributed by atoms with E-state index in [9.17, 15) is 0 Å². The van der Waals surface area contributed by atoms with Crippen LogP contribution >= 0.6 is 11.6 Å². The first-order valence-electron chi connectivity index (χ1n) is 5.37. The number of para-hydroxylation sites is 2. The van der Waals surface area contributed by atoms with Crippen LogP contribution in [-0.4, -0.2) is 12.1 Å². The molecule has 1 heterocycles. The molecule has 0 spiro atoms. The van der Waals surface area contributed by atoms with Gasteiger partial charge in [0.25, 0.3) is 0 Å². The summed E-state index contributed by atoms with van der Waals surface area (Å²) in [6.45, 7) is 0.240. The monoisotopic (exact) mass is 264 g/mol. The van der Waals surface area contributed by atoms with Crippen molar-refractivity contribution in [1.29, 1.82) is 0 Å². The summed E-state index contributed by atoms with van der Waals surface area (Å²) in [6.07, 6.45) is 0. The quantitative estimate of drug-likeness (QED) is 0.922. The number of hydrogen-bond acceptors (Lipinski definition) is 4. The van der Waals surface area contributed by atoms with E-state index in [4.69, 9.17) is 26.8 Å². The largest absolute Gasteiger partial charge is 0.493 e. The molecule has 0 aliphatic rings. The van der Waals surface area contributed by atoms with Gasteiger partial charge in [-0.2, -0.15) is 0 Å². The zero-order valence-electron chi connectivity index (χ0n) is 9.89. The Balaban J connectivity index is 2.14. The maximum atomic E-state index is 6.01. The Hall–Kier alpha value is -1.94. The highest BCUT2D eigenvalue weighted by atomic mass is 35.5. The van der Waals surface area contributed by atoms with Crippen molar-refractivity contribution < 1.29 is 9.47 Å². The van der Waals surface area contributed by atoms with Gasteiger partial charge in [-0.15, -0.1) is 0 Å². The van der Waals surface area contributed by atoms with Crippen LogP contribution in [0, 0.1) is 0 Å². The Morgan fingerprint density at radius 3 is 2.61 bits per heavy atom. The molecule has 0 saturated carbocycles. The maximum absolute atomic E-state index is 6.01. The molecule has 0 atom stereocenters. The van der Waals surface area contributed by atoms with Gasteiger partial charge >= 0.3 is 0 Å². The van der Waals surface area contributed by atoms with Crippen molar-refractivity contribution in [1.82, 2.24) is 4.98 Å². The van der Waals surface area contributed by atoms with Crippen LogP contribution in [0.5, 0.6) is 11.5 Å². The molecule has 1 aromatic heterocycles. The van der Waals surface area contributed by atoms with E-state index in [0.717, 1.165) is 0 Å². The fraction of sp³-hybridized carbons (Fsp3) is 0.154. The van der Waals surface area contributed by atoms with E-state index >= 15 is 0 Å². The van der Waals surface area contributed by atoms with E-state index in [1.54, 1.807) is 19.2 Å². The van der Waals surface area contributed by atoms with Gasteiger partial charge in [0.15, 0.2) is 11.5 Å². The molecule has 2 rings (SSSR count). The normalized spacial score (nSPS) is 10.1. The first-order valence-corrected chi connectivity index (χ1v) is 5.75. The second kappa shape index (κ2) is 5.60. The number of nitrogen functional groups attached to an aromatic ring is 1. The molecular formula is C13H13ClN2O2. The predicted octanol–water partition coefficient (Wildman–Crippen LogP) is 2.90. The third kappa shape index (κ3) is 2.84. The number of benzene rings is 1. The molecular weight excluding hydrogens is 252 g/mol. The molecule has 4 nitrogen and oxygen atoms in total. The maximum Gasteiger partial charge on any atom is 0.161 e. The van der Waals surface area contributed by atoms with Crippen LogP contribution in [-0.2, 0) is 6.61 Å². The topological polar surface area (TPSA) is 57.4 Å². The second-order valence-electron chi connectivity index (χ2n) is 3.60. The highest BCUT2D eigenvalue weighted by molar-refractivity contribution is 6.31. The van der Waals surface area contributed by atoms with Gasteiger partial charge in [-0.3, -0.25) is 0 Å². The molecule has 18 heavy (non-hydrogen) atoms. The number of pyridine rings is 1. The van der Waals surface area contributed by atoms with Crippen molar-refractivity contribution in [2.45, 2.75) is 6.61 Å². The number of ether oxygens (including phenoxy) is 2. The van der Waals surface area contributed by atoms with Crippen molar-refractivity contribution in [3.05, 3.63) is 47.1 Å². The van der Waals surface area contributed by atoms with Crippen molar-refractivity contribution in [2.75, 3.05) is 12.8 Å². The fourth-order valence-corrected chi connectivity index (χ4v) is 1.65. The van der Waals surface area contributed by atoms with Crippen LogP contribution in [0.1, 0.15) is 5.69 Å². The fourth-order valence-electron chi connectivity index (χ4n) is 1.49. The highest BCUT2D eigenvalue weighted by Crippen LogP contribution is 2.27. The molecule has 94 valence electrons. The molecule has 2 aromatic rings. The first kappa shape index (κ1) is 12.5. The van der Waals surface area contributed by atoms with Crippen molar-refractivity contribution in [3.8, 4) is 11.5 Å². The number of nitrogens with two attached hydrogens (primary N) is 1. The number of hydrogen-bond donors (Lipinski definition) is 1. The third-order valence-electron chi connectivity index (χ3n) is 2.37. The summed E-state index contributed by atoms with van der Waals surface area (Å²) in [7, 11) is 1.59. The minimum absolute atomic E-state index is 0.240. The Labute approximate surface area is 110 Å². The minimum atomic E-state index is 0.240. The summed E-state index contributed by atoms with van der Waals surface area (Å²) in [5.74, 6) is 1.72. The lowest BCUT2D eigenvalue weighted by Crippen LogP contribution is -2.02. The van der Waals surface area contributed by atoms with E-state index in [0.29, 0.717) is 28.0 Å². The summed E-state index contributed by atoms with van der Waals surface area (Å²) >= 11 is 6.01. The zero-order chi connectivity index (χ0) is 13.0. The number of anilines is 1. The highest BCUT2D eigenvalue weighted by Gasteiger charge is 2.07. The van der Waals surface area contributed by atoms with E-state index < -0.39 is 0 Å². The van der Waals surface area contributed by atoms with Gasteiger partial charge in [-0.25, -0.2) is 4.98 Å². The average molecular weight is 265 g/mol. The Morgan fingerprint density at radius 1 is 1.17 bits per heavy atom. The van der Waals surface area contributed by atoms with Gasteiger partial charge < -0.3 is 15.2 Å². The van der Waals surface area contributed by atoms with Gasteiger partial charge in [0.2, 0.25) is 0 Å². The molecule has 0 saturated heterocycles. The van der Waals surface area contributed by atoms with Crippen molar-refractivity contribution >= 4 is 17.4 Å². The molecule has 5 heteroatoms. The summed E-state index contributed by atoms with van der Waals surface area (Å²) in [4.78, 5) is 4.12. The van der Waals surface area contributed by atoms with Crippen LogP contribution in [0.25, 0.3) is 0 Å². The molecule has 0 radical (unpaired) electrons. The molecule has 0 unspecified atom stereocenters. The van der Waals surface area contributed by atoms with E-state index in [1.807, 2.05) is 24.3 Å². The third-order valence-corrected chi connectivity index (χ3v) is 2.72. The Kier molecular flexibility index (Phi) is 3.89. The Bertz CT molecular complexity index is 546. The smallest absolute Gasteiger partial charge is 0.161 e. The zero-order valence-corrected chi connectivity index (χ0v) is 10.6. The van der Waals surface area contributed by atoms with Crippen molar-refractivity contribution in [3.63, 3.8) is 0 Å². The number of methoxy groups -OCH3 is 1. The summed E-state index contributed by atoms with van der Waals surface area (Å²) in [5.41, 5.74) is 6.20. The molecule has 0 aliphatic carbocycles. The van der Waals surface area contributed by atoms with Crippen LogP contribution in [0.2, 0.25) is 5.02 Å². The lowest BCUT2D eigenvalue weighted by molar-refractivity contribution is 0.281. The standard InChI is InChI=1S/C13H13ClN2O2/c1-17-11-4-2-3-5-12(11)18-8-10-9(14)6-7-13(15)16-10/h2-7H,8H2,1H3,(H2,15,16). The molecule has 2 N–H and O–H groups in total. The number of halogens is 1. The van der Waals surface area contributed by atoms with Crippen molar-refractivity contribution in [2.24, 2.45) is 0 Å². The van der Waals surface area contributed by atoms with E-state index in [2.05, 4.69) is 4.98 Å². The minimum Gasteiger partial charge on any atom is -0.493 e. The lowest BCUT2D eigenvalue weighted by atomic mass is 10.3. The summed E-state index contributed by atoms with van der Waals surface area (Å²) < 4.78 is 10.8. The molecule has 1 aromatic carbocycles. The van der Waals surface area contributed by atoms with Crippen LogP contribution in [0.3, 0.4) is 0 Å². The Morgan fingerprint density at radius 2 is 1.89 bits per heavy atom.